The highest BCUT2D eigenvalue weighted by Gasteiger charge is 2.73. The molecule has 228 valence electrons. The second kappa shape index (κ2) is 9.00. The molecule has 1 aliphatic heterocycles. The summed E-state index contributed by atoms with van der Waals surface area (Å²) >= 11 is 0. The van der Waals surface area contributed by atoms with Crippen LogP contribution >= 0.6 is 0 Å². The third kappa shape index (κ3) is 4.46. The largest absolute Gasteiger partial charge is 0.586 e. The number of nitrogens with zero attached hydrogens (tertiary/aromatic N) is 3. The minimum absolute atomic E-state index is 0.00205. The number of rotatable bonds is 7. The molecule has 2 aromatic heterocycles. The SMILES string of the molecule is C[C@H](Oc1cncc(-n2nc(C(F)(F)F)c3c2[C@H](OC24CC(C(=O)O)(C2)C4)CCC3)c1)c1cc2c(cc1F)OC(F)(F)O2. The van der Waals surface area contributed by atoms with Crippen molar-refractivity contribution in [1.82, 2.24) is 14.8 Å². The van der Waals surface area contributed by atoms with Crippen LogP contribution in [0.4, 0.5) is 26.3 Å². The van der Waals surface area contributed by atoms with E-state index in [2.05, 4.69) is 19.6 Å². The Balaban J connectivity index is 1.19. The number of pyridine rings is 1. The maximum atomic E-state index is 14.7. The molecule has 1 N–H and O–H groups in total. The molecule has 3 aromatic rings. The Morgan fingerprint density at radius 1 is 1.14 bits per heavy atom. The maximum Gasteiger partial charge on any atom is 0.586 e. The molecule has 2 bridgehead atoms. The number of carbonyl (C=O) groups is 1. The smallest absolute Gasteiger partial charge is 0.484 e. The number of carboxylic acids is 1. The Labute approximate surface area is 239 Å². The second-order valence-corrected chi connectivity index (χ2v) is 11.5. The van der Waals surface area contributed by atoms with E-state index in [0.717, 1.165) is 16.8 Å². The summed E-state index contributed by atoms with van der Waals surface area (Å²) in [7, 11) is 0. The molecule has 3 fully saturated rings. The number of halogens is 6. The molecule has 1 aromatic carbocycles. The molecule has 43 heavy (non-hydrogen) atoms. The van der Waals surface area contributed by atoms with Gasteiger partial charge >= 0.3 is 18.4 Å². The molecule has 3 heterocycles. The van der Waals surface area contributed by atoms with Gasteiger partial charge in [-0.05, 0) is 51.5 Å². The molecule has 5 aliphatic rings. The van der Waals surface area contributed by atoms with E-state index in [9.17, 15) is 36.2 Å². The first kappa shape index (κ1) is 27.8. The maximum absolute atomic E-state index is 14.7. The first-order valence-electron chi connectivity index (χ1n) is 13.5. The number of ether oxygens (including phenoxy) is 4. The third-order valence-electron chi connectivity index (χ3n) is 8.53. The van der Waals surface area contributed by atoms with Crippen molar-refractivity contribution in [2.75, 3.05) is 0 Å². The Hall–Kier alpha value is -4.01. The van der Waals surface area contributed by atoms with Crippen LogP contribution in [0.3, 0.4) is 0 Å². The van der Waals surface area contributed by atoms with Crippen LogP contribution < -0.4 is 14.2 Å². The van der Waals surface area contributed by atoms with Crippen molar-refractivity contribution in [2.45, 2.75) is 75.7 Å². The highest BCUT2D eigenvalue weighted by molar-refractivity contribution is 5.79. The van der Waals surface area contributed by atoms with Gasteiger partial charge in [-0.15, -0.1) is 8.78 Å². The summed E-state index contributed by atoms with van der Waals surface area (Å²) in [6.45, 7) is 1.44. The number of benzene rings is 1. The van der Waals surface area contributed by atoms with Gasteiger partial charge in [-0.3, -0.25) is 9.78 Å². The molecule has 0 unspecified atom stereocenters. The van der Waals surface area contributed by atoms with Crippen LogP contribution in [0, 0.1) is 11.2 Å². The summed E-state index contributed by atoms with van der Waals surface area (Å²) in [6.07, 6.45) is -6.06. The van der Waals surface area contributed by atoms with Gasteiger partial charge in [-0.25, -0.2) is 9.07 Å². The van der Waals surface area contributed by atoms with Crippen molar-refractivity contribution in [2.24, 2.45) is 5.41 Å². The summed E-state index contributed by atoms with van der Waals surface area (Å²) in [4.78, 5) is 15.6. The molecule has 0 spiro atoms. The van der Waals surface area contributed by atoms with Crippen LogP contribution in [0.5, 0.6) is 17.2 Å². The van der Waals surface area contributed by atoms with E-state index in [1.807, 2.05) is 0 Å². The van der Waals surface area contributed by atoms with Crippen molar-refractivity contribution in [3.8, 4) is 22.9 Å². The van der Waals surface area contributed by atoms with Gasteiger partial charge in [0, 0.05) is 23.3 Å². The molecule has 0 amide bonds. The van der Waals surface area contributed by atoms with Crippen LogP contribution in [0.2, 0.25) is 0 Å². The standard InChI is InChI=1S/C28H23F6N3O6/c1-13(17-6-20-21(7-18(17)29)43-28(33,34)42-20)40-15-5-14(8-35-9-15)37-22-16(23(36-37)27(30,31)32)3-2-4-19(22)41-26-10-25(11-26,12-26)24(38)39/h5-9,13,19H,2-4,10-12H2,1H3,(H,38,39)/t13-,19+,25?,26?/m0/s1. The fourth-order valence-corrected chi connectivity index (χ4v) is 6.68. The quantitative estimate of drug-likeness (QED) is 0.311. The van der Waals surface area contributed by atoms with Crippen molar-refractivity contribution in [3.63, 3.8) is 0 Å². The minimum atomic E-state index is -4.75. The number of carboxylic acid groups (broad SMARTS) is 1. The van der Waals surface area contributed by atoms with E-state index in [1.54, 1.807) is 0 Å². The van der Waals surface area contributed by atoms with Crippen LogP contribution in [-0.2, 0) is 22.1 Å². The predicted molar refractivity (Wildman–Crippen MR) is 131 cm³/mol. The molecule has 15 heteroatoms. The molecule has 9 nitrogen and oxygen atoms in total. The van der Waals surface area contributed by atoms with Crippen molar-refractivity contribution in [3.05, 3.63) is 58.9 Å². The lowest BCUT2D eigenvalue weighted by Gasteiger charge is -2.67. The molecule has 8 rings (SSSR count). The van der Waals surface area contributed by atoms with Gasteiger partial charge < -0.3 is 24.1 Å². The number of fused-ring (bicyclic) bond motifs is 2. The first-order valence-corrected chi connectivity index (χ1v) is 13.5. The zero-order valence-corrected chi connectivity index (χ0v) is 22.4. The number of alkyl halides is 5. The van der Waals surface area contributed by atoms with Gasteiger partial charge in [0.15, 0.2) is 17.2 Å². The Morgan fingerprint density at radius 3 is 2.51 bits per heavy atom. The number of hydrogen-bond donors (Lipinski definition) is 1. The number of hydrogen-bond acceptors (Lipinski definition) is 7. The number of aromatic nitrogens is 3. The Kier molecular flexibility index (Phi) is 5.82. The lowest BCUT2D eigenvalue weighted by molar-refractivity contribution is -0.300. The molecule has 3 saturated carbocycles. The number of aliphatic carboxylic acids is 1. The van der Waals surface area contributed by atoms with E-state index >= 15 is 0 Å². The van der Waals surface area contributed by atoms with Gasteiger partial charge in [0.05, 0.1) is 34.8 Å². The molecular formula is C28H23F6N3O6. The van der Waals surface area contributed by atoms with Gasteiger partial charge in [-0.2, -0.15) is 18.3 Å². The first-order chi connectivity index (χ1) is 20.2. The van der Waals surface area contributed by atoms with Crippen molar-refractivity contribution < 1.29 is 55.2 Å². The van der Waals surface area contributed by atoms with Crippen LogP contribution in [0.1, 0.15) is 73.8 Å². The van der Waals surface area contributed by atoms with Crippen LogP contribution in [-0.4, -0.2) is 37.7 Å². The summed E-state index contributed by atoms with van der Waals surface area (Å²) in [5.74, 6) is -2.61. The summed E-state index contributed by atoms with van der Waals surface area (Å²) in [5.41, 5.74) is -2.36. The fourth-order valence-electron chi connectivity index (χ4n) is 6.68. The van der Waals surface area contributed by atoms with E-state index in [1.165, 1.54) is 25.4 Å². The third-order valence-corrected chi connectivity index (χ3v) is 8.53. The predicted octanol–water partition coefficient (Wildman–Crippen LogP) is 6.29. The van der Waals surface area contributed by atoms with Crippen molar-refractivity contribution >= 4 is 5.97 Å². The second-order valence-electron chi connectivity index (χ2n) is 11.5. The topological polar surface area (TPSA) is 105 Å². The van der Waals surface area contributed by atoms with E-state index < -0.39 is 58.9 Å². The molecule has 4 aliphatic carbocycles. The van der Waals surface area contributed by atoms with E-state index in [4.69, 9.17) is 9.47 Å². The van der Waals surface area contributed by atoms with E-state index in [-0.39, 0.29) is 40.4 Å². The average Bonchev–Trinajstić information content (AvgIpc) is 3.41. The molecule has 0 saturated heterocycles. The zero-order valence-electron chi connectivity index (χ0n) is 22.4. The van der Waals surface area contributed by atoms with Gasteiger partial charge in [0.25, 0.3) is 0 Å². The Morgan fingerprint density at radius 2 is 1.84 bits per heavy atom. The summed E-state index contributed by atoms with van der Waals surface area (Å²) in [6, 6.07) is 3.15. The average molecular weight is 611 g/mol. The Bertz CT molecular complexity index is 1640. The van der Waals surface area contributed by atoms with Crippen LogP contribution in [0.15, 0.2) is 30.6 Å². The van der Waals surface area contributed by atoms with Gasteiger partial charge in [-0.1, -0.05) is 0 Å². The molecular weight excluding hydrogens is 588 g/mol. The molecule has 2 atom stereocenters. The summed E-state index contributed by atoms with van der Waals surface area (Å²) < 4.78 is 106. The highest BCUT2D eigenvalue weighted by Crippen LogP contribution is 2.70. The molecule has 0 radical (unpaired) electrons. The van der Waals surface area contributed by atoms with Crippen molar-refractivity contribution in [1.29, 1.82) is 0 Å². The van der Waals surface area contributed by atoms with Crippen LogP contribution in [0.25, 0.3) is 5.69 Å². The summed E-state index contributed by atoms with van der Waals surface area (Å²) in [5, 5.41) is 13.4. The lowest BCUT2D eigenvalue weighted by Crippen LogP contribution is -2.71. The lowest BCUT2D eigenvalue weighted by atomic mass is 9.41. The van der Waals surface area contributed by atoms with Gasteiger partial charge in [0.2, 0.25) is 0 Å². The van der Waals surface area contributed by atoms with Gasteiger partial charge in [0.1, 0.15) is 23.8 Å². The minimum Gasteiger partial charge on any atom is -0.484 e. The monoisotopic (exact) mass is 611 g/mol. The normalized spacial score (nSPS) is 27.1. The fraction of sp³-hybridized carbons (Fsp3) is 0.464. The van der Waals surface area contributed by atoms with E-state index in [0.29, 0.717) is 32.1 Å². The zero-order chi connectivity index (χ0) is 30.5. The highest BCUT2D eigenvalue weighted by atomic mass is 19.4.